The standard InChI is InChI=1S/C13H15BrO/c1-8-6-9(2)10-4-3-5-12(14)13(15)11(10)7-8/h6-7,12H,3-5H2,1-2H3. The van der Waals surface area contributed by atoms with Crippen LogP contribution < -0.4 is 0 Å². The van der Waals surface area contributed by atoms with Crippen molar-refractivity contribution in [2.75, 3.05) is 0 Å². The molecule has 0 fully saturated rings. The summed E-state index contributed by atoms with van der Waals surface area (Å²) in [6, 6.07) is 4.20. The van der Waals surface area contributed by atoms with E-state index in [1.54, 1.807) is 0 Å². The number of aryl methyl sites for hydroxylation is 2. The Labute approximate surface area is 99.0 Å². The molecular formula is C13H15BrO. The van der Waals surface area contributed by atoms with Crippen LogP contribution in [0.2, 0.25) is 0 Å². The minimum Gasteiger partial charge on any atom is -0.293 e. The van der Waals surface area contributed by atoms with Gasteiger partial charge in [0.05, 0.1) is 4.83 Å². The first kappa shape index (κ1) is 10.9. The van der Waals surface area contributed by atoms with Crippen molar-refractivity contribution in [3.8, 4) is 0 Å². The van der Waals surface area contributed by atoms with Crippen LogP contribution in [0.3, 0.4) is 0 Å². The van der Waals surface area contributed by atoms with Crippen LogP contribution in [-0.4, -0.2) is 10.6 Å². The minimum atomic E-state index is 0.0138. The van der Waals surface area contributed by atoms with E-state index in [1.165, 1.54) is 16.7 Å². The molecule has 1 aromatic carbocycles. The second kappa shape index (κ2) is 4.09. The molecule has 0 radical (unpaired) electrons. The van der Waals surface area contributed by atoms with Gasteiger partial charge in [-0.05, 0) is 50.3 Å². The molecule has 0 spiro atoms. The summed E-state index contributed by atoms with van der Waals surface area (Å²) in [5, 5.41) is 0. The fourth-order valence-electron chi connectivity index (χ4n) is 2.31. The highest BCUT2D eigenvalue weighted by Crippen LogP contribution is 2.27. The Balaban J connectivity index is 2.58. The molecule has 0 aliphatic heterocycles. The summed E-state index contributed by atoms with van der Waals surface area (Å²) in [5.41, 5.74) is 4.64. The predicted octanol–water partition coefficient (Wildman–Crippen LogP) is 3.59. The van der Waals surface area contributed by atoms with Gasteiger partial charge in [0.1, 0.15) is 0 Å². The largest absolute Gasteiger partial charge is 0.293 e. The van der Waals surface area contributed by atoms with E-state index in [0.29, 0.717) is 0 Å². The summed E-state index contributed by atoms with van der Waals surface area (Å²) in [4.78, 5) is 12.1. The van der Waals surface area contributed by atoms with Crippen molar-refractivity contribution < 1.29 is 4.79 Å². The van der Waals surface area contributed by atoms with Crippen LogP contribution in [0.25, 0.3) is 0 Å². The van der Waals surface area contributed by atoms with E-state index in [9.17, 15) is 4.79 Å². The van der Waals surface area contributed by atoms with E-state index in [0.717, 1.165) is 24.8 Å². The number of fused-ring (bicyclic) bond motifs is 1. The molecule has 0 saturated carbocycles. The zero-order chi connectivity index (χ0) is 11.0. The highest BCUT2D eigenvalue weighted by molar-refractivity contribution is 9.10. The van der Waals surface area contributed by atoms with Gasteiger partial charge in [0.15, 0.2) is 5.78 Å². The maximum Gasteiger partial charge on any atom is 0.176 e. The number of benzene rings is 1. The second-order valence-electron chi connectivity index (χ2n) is 4.33. The predicted molar refractivity (Wildman–Crippen MR) is 65.9 cm³/mol. The van der Waals surface area contributed by atoms with Gasteiger partial charge in [-0.2, -0.15) is 0 Å². The van der Waals surface area contributed by atoms with Crippen molar-refractivity contribution in [1.29, 1.82) is 0 Å². The van der Waals surface area contributed by atoms with Crippen molar-refractivity contribution in [2.45, 2.75) is 37.9 Å². The topological polar surface area (TPSA) is 17.1 Å². The van der Waals surface area contributed by atoms with Gasteiger partial charge < -0.3 is 0 Å². The van der Waals surface area contributed by atoms with Crippen LogP contribution in [-0.2, 0) is 6.42 Å². The lowest BCUT2D eigenvalue weighted by Crippen LogP contribution is -2.13. The Morgan fingerprint density at radius 1 is 1.33 bits per heavy atom. The molecule has 0 amide bonds. The van der Waals surface area contributed by atoms with Crippen LogP contribution >= 0.6 is 15.9 Å². The van der Waals surface area contributed by atoms with Gasteiger partial charge in [0.25, 0.3) is 0 Å². The Morgan fingerprint density at radius 2 is 2.07 bits per heavy atom. The first-order valence-electron chi connectivity index (χ1n) is 5.38. The van der Waals surface area contributed by atoms with E-state index in [4.69, 9.17) is 0 Å². The normalized spacial score (nSPS) is 21.0. The number of carbonyl (C=O) groups excluding carboxylic acids is 1. The van der Waals surface area contributed by atoms with E-state index >= 15 is 0 Å². The fourth-order valence-corrected chi connectivity index (χ4v) is 2.88. The smallest absolute Gasteiger partial charge is 0.176 e. The molecule has 1 aliphatic rings. The highest BCUT2D eigenvalue weighted by atomic mass is 79.9. The summed E-state index contributed by atoms with van der Waals surface area (Å²) in [6.45, 7) is 4.16. The average Bonchev–Trinajstić information content (AvgIpc) is 2.30. The van der Waals surface area contributed by atoms with Crippen LogP contribution in [0.5, 0.6) is 0 Å². The van der Waals surface area contributed by atoms with Gasteiger partial charge in [0.2, 0.25) is 0 Å². The summed E-state index contributed by atoms with van der Waals surface area (Å²) in [5.74, 6) is 0.259. The molecule has 1 atom stereocenters. The third-order valence-corrected chi connectivity index (χ3v) is 3.93. The maximum atomic E-state index is 12.1. The number of ketones is 1. The summed E-state index contributed by atoms with van der Waals surface area (Å²) in [6.07, 6.45) is 3.08. The van der Waals surface area contributed by atoms with E-state index in [1.807, 2.05) is 6.07 Å². The van der Waals surface area contributed by atoms with E-state index < -0.39 is 0 Å². The van der Waals surface area contributed by atoms with Crippen LogP contribution in [0.15, 0.2) is 12.1 Å². The SMILES string of the molecule is Cc1cc(C)c2c(c1)C(=O)C(Br)CCC2. The lowest BCUT2D eigenvalue weighted by atomic mass is 9.95. The Hall–Kier alpha value is -0.630. The van der Waals surface area contributed by atoms with Crippen LogP contribution in [0, 0.1) is 13.8 Å². The monoisotopic (exact) mass is 266 g/mol. The summed E-state index contributed by atoms with van der Waals surface area (Å²) in [7, 11) is 0. The summed E-state index contributed by atoms with van der Waals surface area (Å²) < 4.78 is 0. The first-order valence-corrected chi connectivity index (χ1v) is 6.29. The Bertz CT molecular complexity index is 409. The molecule has 2 heteroatoms. The number of carbonyl (C=O) groups is 1. The first-order chi connectivity index (χ1) is 7.09. The lowest BCUT2D eigenvalue weighted by Gasteiger charge is -2.10. The molecule has 0 N–H and O–H groups in total. The molecule has 0 saturated heterocycles. The molecule has 1 aliphatic carbocycles. The molecule has 1 aromatic rings. The van der Waals surface area contributed by atoms with Gasteiger partial charge in [-0.1, -0.05) is 27.6 Å². The number of hydrogen-bond donors (Lipinski definition) is 0. The lowest BCUT2D eigenvalue weighted by molar-refractivity contribution is 0.0990. The number of halogens is 1. The van der Waals surface area contributed by atoms with E-state index in [-0.39, 0.29) is 10.6 Å². The molecule has 0 aromatic heterocycles. The van der Waals surface area contributed by atoms with Crippen molar-refractivity contribution in [1.82, 2.24) is 0 Å². The van der Waals surface area contributed by atoms with Gasteiger partial charge >= 0.3 is 0 Å². The molecule has 15 heavy (non-hydrogen) atoms. The molecular weight excluding hydrogens is 252 g/mol. The second-order valence-corrected chi connectivity index (χ2v) is 5.44. The minimum absolute atomic E-state index is 0.0138. The summed E-state index contributed by atoms with van der Waals surface area (Å²) >= 11 is 3.47. The van der Waals surface area contributed by atoms with E-state index in [2.05, 4.69) is 35.8 Å². The Morgan fingerprint density at radius 3 is 2.80 bits per heavy atom. The van der Waals surface area contributed by atoms with Gasteiger partial charge in [-0.3, -0.25) is 4.79 Å². The molecule has 0 bridgehead atoms. The molecule has 1 unspecified atom stereocenters. The molecule has 80 valence electrons. The average molecular weight is 267 g/mol. The maximum absolute atomic E-state index is 12.1. The van der Waals surface area contributed by atoms with Crippen molar-refractivity contribution in [3.05, 3.63) is 34.4 Å². The third kappa shape index (κ3) is 2.00. The highest BCUT2D eigenvalue weighted by Gasteiger charge is 2.24. The van der Waals surface area contributed by atoms with Gasteiger partial charge in [-0.15, -0.1) is 0 Å². The molecule has 2 rings (SSSR count). The zero-order valence-electron chi connectivity index (χ0n) is 9.14. The Kier molecular flexibility index (Phi) is 2.96. The number of alkyl halides is 1. The zero-order valence-corrected chi connectivity index (χ0v) is 10.7. The van der Waals surface area contributed by atoms with Crippen LogP contribution in [0.4, 0.5) is 0 Å². The fraction of sp³-hybridized carbons (Fsp3) is 0.462. The third-order valence-electron chi connectivity index (χ3n) is 3.05. The van der Waals surface area contributed by atoms with Crippen LogP contribution in [0.1, 0.15) is 39.9 Å². The number of Topliss-reactive ketones (excluding diaryl/α,β-unsaturated/α-hetero) is 1. The quantitative estimate of drug-likeness (QED) is 0.518. The molecule has 0 heterocycles. The van der Waals surface area contributed by atoms with Crippen molar-refractivity contribution in [3.63, 3.8) is 0 Å². The number of rotatable bonds is 0. The molecule has 1 nitrogen and oxygen atoms in total. The van der Waals surface area contributed by atoms with Crippen molar-refractivity contribution in [2.24, 2.45) is 0 Å². The van der Waals surface area contributed by atoms with Gasteiger partial charge in [-0.25, -0.2) is 0 Å². The number of hydrogen-bond acceptors (Lipinski definition) is 1. The van der Waals surface area contributed by atoms with Crippen molar-refractivity contribution >= 4 is 21.7 Å². The van der Waals surface area contributed by atoms with Gasteiger partial charge in [0, 0.05) is 5.56 Å².